The van der Waals surface area contributed by atoms with Crippen LogP contribution in [0.15, 0.2) is 102 Å². The van der Waals surface area contributed by atoms with E-state index in [1.807, 2.05) is 118 Å². The van der Waals surface area contributed by atoms with Crippen LogP contribution in [0.25, 0.3) is 27.8 Å². The third-order valence-corrected chi connectivity index (χ3v) is 8.45. The molecular formula is C33H31N5O3S. The number of rotatable bonds is 7. The van der Waals surface area contributed by atoms with Crippen LogP contribution in [0, 0.1) is 0 Å². The largest absolute Gasteiger partial charge is 0.497 e. The smallest absolute Gasteiger partial charge is 0.254 e. The minimum atomic E-state index is -0.0979. The number of hydrogen-bond acceptors (Lipinski definition) is 6. The number of amides is 2. The Kier molecular flexibility index (Phi) is 7.92. The molecule has 0 N–H and O–H groups in total. The highest BCUT2D eigenvalue weighted by Gasteiger charge is 2.30. The van der Waals surface area contributed by atoms with Gasteiger partial charge in [0.25, 0.3) is 5.91 Å². The lowest BCUT2D eigenvalue weighted by atomic mass is 10.0. The number of aromatic nitrogens is 3. The summed E-state index contributed by atoms with van der Waals surface area (Å²) in [4.78, 5) is 30.4. The number of hydrogen-bond donors (Lipinski definition) is 0. The molecule has 0 bridgehead atoms. The number of thioether (sulfide) groups is 1. The second-order valence-corrected chi connectivity index (χ2v) is 11.2. The molecule has 1 saturated heterocycles. The van der Waals surface area contributed by atoms with E-state index < -0.39 is 0 Å². The van der Waals surface area contributed by atoms with Gasteiger partial charge in [0, 0.05) is 42.5 Å². The summed E-state index contributed by atoms with van der Waals surface area (Å²) in [5, 5.41) is 11.7. The van der Waals surface area contributed by atoms with E-state index in [0.717, 1.165) is 27.8 Å². The quantitative estimate of drug-likeness (QED) is 0.236. The summed E-state index contributed by atoms with van der Waals surface area (Å²) in [6, 6.07) is 31.3. The van der Waals surface area contributed by atoms with Crippen LogP contribution in [-0.4, -0.2) is 74.9 Å². The minimum Gasteiger partial charge on any atom is -0.497 e. The molecule has 5 aromatic rings. The van der Waals surface area contributed by atoms with Crippen molar-refractivity contribution in [1.82, 2.24) is 24.6 Å². The molecule has 42 heavy (non-hydrogen) atoms. The number of benzene rings is 4. The number of methoxy groups -OCH3 is 1. The predicted molar refractivity (Wildman–Crippen MR) is 165 cm³/mol. The van der Waals surface area contributed by atoms with E-state index in [2.05, 4.69) is 10.2 Å². The fourth-order valence-electron chi connectivity index (χ4n) is 5.31. The summed E-state index contributed by atoms with van der Waals surface area (Å²) in [6.07, 6.45) is 0. The van der Waals surface area contributed by atoms with Crippen LogP contribution in [0.2, 0.25) is 0 Å². The van der Waals surface area contributed by atoms with Gasteiger partial charge in [-0.15, -0.1) is 10.2 Å². The maximum atomic E-state index is 13.4. The summed E-state index contributed by atoms with van der Waals surface area (Å²) in [6.45, 7) is 3.46. The van der Waals surface area contributed by atoms with E-state index in [-0.39, 0.29) is 23.6 Å². The Hall–Kier alpha value is -4.63. The van der Waals surface area contributed by atoms with Crippen molar-refractivity contribution in [2.24, 2.45) is 0 Å². The predicted octanol–water partition coefficient (Wildman–Crippen LogP) is 5.56. The topological polar surface area (TPSA) is 80.6 Å². The second kappa shape index (κ2) is 12.1. The zero-order valence-corrected chi connectivity index (χ0v) is 24.3. The van der Waals surface area contributed by atoms with Gasteiger partial charge in [0.15, 0.2) is 11.0 Å². The molecule has 4 aromatic carbocycles. The van der Waals surface area contributed by atoms with Crippen LogP contribution in [0.1, 0.15) is 17.3 Å². The first-order valence-electron chi connectivity index (χ1n) is 13.9. The lowest BCUT2D eigenvalue weighted by molar-refractivity contribution is -0.130. The van der Waals surface area contributed by atoms with E-state index in [9.17, 15) is 9.59 Å². The number of carbonyl (C=O) groups is 2. The first-order chi connectivity index (χ1) is 20.5. The number of carbonyl (C=O) groups excluding carboxylic acids is 2. The zero-order chi connectivity index (χ0) is 29.1. The molecule has 1 atom stereocenters. The first-order valence-corrected chi connectivity index (χ1v) is 14.9. The number of ether oxygens (including phenoxy) is 1. The van der Waals surface area contributed by atoms with Crippen LogP contribution < -0.4 is 4.74 Å². The van der Waals surface area contributed by atoms with Crippen molar-refractivity contribution < 1.29 is 14.3 Å². The van der Waals surface area contributed by atoms with Gasteiger partial charge in [-0.05, 0) is 54.1 Å². The maximum Gasteiger partial charge on any atom is 0.254 e. The van der Waals surface area contributed by atoms with Gasteiger partial charge in [-0.2, -0.15) is 0 Å². The first kappa shape index (κ1) is 27.5. The van der Waals surface area contributed by atoms with Crippen molar-refractivity contribution in [3.63, 3.8) is 0 Å². The van der Waals surface area contributed by atoms with Gasteiger partial charge >= 0.3 is 0 Å². The second-order valence-electron chi connectivity index (χ2n) is 10.2. The Labute approximate surface area is 248 Å². The summed E-state index contributed by atoms with van der Waals surface area (Å²) in [7, 11) is 1.63. The minimum absolute atomic E-state index is 0.00392. The highest BCUT2D eigenvalue weighted by molar-refractivity contribution is 7.99. The van der Waals surface area contributed by atoms with Crippen molar-refractivity contribution in [2.75, 3.05) is 32.5 Å². The maximum absolute atomic E-state index is 13.4. The summed E-state index contributed by atoms with van der Waals surface area (Å²) >= 11 is 1.36. The third kappa shape index (κ3) is 5.60. The van der Waals surface area contributed by atoms with E-state index in [4.69, 9.17) is 4.74 Å². The Balaban J connectivity index is 1.14. The number of para-hydroxylation sites is 1. The highest BCUT2D eigenvalue weighted by Crippen LogP contribution is 2.30. The van der Waals surface area contributed by atoms with Crippen molar-refractivity contribution in [3.8, 4) is 22.8 Å². The van der Waals surface area contributed by atoms with Crippen molar-refractivity contribution in [1.29, 1.82) is 0 Å². The van der Waals surface area contributed by atoms with E-state index in [0.29, 0.717) is 36.2 Å². The van der Waals surface area contributed by atoms with Crippen LogP contribution in [0.5, 0.6) is 5.75 Å². The fourth-order valence-corrected chi connectivity index (χ4v) is 6.17. The van der Waals surface area contributed by atoms with Crippen LogP contribution in [-0.2, 0) is 4.79 Å². The Morgan fingerprint density at radius 3 is 2.45 bits per heavy atom. The van der Waals surface area contributed by atoms with Crippen LogP contribution in [0.3, 0.4) is 0 Å². The van der Waals surface area contributed by atoms with Crippen molar-refractivity contribution in [3.05, 3.63) is 103 Å². The zero-order valence-electron chi connectivity index (χ0n) is 23.5. The average molecular weight is 578 g/mol. The molecule has 2 amide bonds. The molecule has 8 nitrogen and oxygen atoms in total. The van der Waals surface area contributed by atoms with Gasteiger partial charge in [0.2, 0.25) is 5.91 Å². The molecule has 6 rings (SSSR count). The monoisotopic (exact) mass is 577 g/mol. The van der Waals surface area contributed by atoms with E-state index in [1.54, 1.807) is 7.11 Å². The standard InChI is InChI=1S/C33H31N5O3S/c1-23-21-36(17-18-37(23)32(40)27-16-15-24-9-6-7-10-25(24)19-27)30(39)22-42-33-35-34-31(26-11-8-14-29(20-26)41-2)38(33)28-12-4-3-5-13-28/h3-16,19-20,23H,17-18,21-22H2,1-2H3. The van der Waals surface area contributed by atoms with Crippen LogP contribution in [0.4, 0.5) is 0 Å². The molecule has 0 aliphatic carbocycles. The van der Waals surface area contributed by atoms with Gasteiger partial charge in [0.1, 0.15) is 5.75 Å². The van der Waals surface area contributed by atoms with Gasteiger partial charge in [-0.25, -0.2) is 0 Å². The Morgan fingerprint density at radius 2 is 1.67 bits per heavy atom. The highest BCUT2D eigenvalue weighted by atomic mass is 32.2. The number of fused-ring (bicyclic) bond motifs is 1. The Bertz CT molecular complexity index is 1740. The van der Waals surface area contributed by atoms with E-state index >= 15 is 0 Å². The van der Waals surface area contributed by atoms with Gasteiger partial charge in [-0.3, -0.25) is 14.2 Å². The van der Waals surface area contributed by atoms with Gasteiger partial charge < -0.3 is 14.5 Å². The number of nitrogens with zero attached hydrogens (tertiary/aromatic N) is 5. The lowest BCUT2D eigenvalue weighted by Gasteiger charge is -2.40. The van der Waals surface area contributed by atoms with Gasteiger partial charge in [0.05, 0.1) is 12.9 Å². The summed E-state index contributed by atoms with van der Waals surface area (Å²) in [5.41, 5.74) is 2.44. The normalized spacial score (nSPS) is 15.1. The van der Waals surface area contributed by atoms with Gasteiger partial charge in [-0.1, -0.05) is 72.4 Å². The molecule has 1 aliphatic rings. The third-order valence-electron chi connectivity index (χ3n) is 7.54. The molecule has 1 unspecified atom stereocenters. The molecule has 212 valence electrons. The molecule has 1 aromatic heterocycles. The van der Waals surface area contributed by atoms with E-state index in [1.165, 1.54) is 11.8 Å². The molecule has 0 saturated carbocycles. The summed E-state index contributed by atoms with van der Waals surface area (Å²) in [5.74, 6) is 1.62. The average Bonchev–Trinajstić information content (AvgIpc) is 3.47. The lowest BCUT2D eigenvalue weighted by Crippen LogP contribution is -2.55. The summed E-state index contributed by atoms with van der Waals surface area (Å²) < 4.78 is 7.38. The number of piperazine rings is 1. The molecule has 1 aliphatic heterocycles. The Morgan fingerprint density at radius 1 is 0.881 bits per heavy atom. The molecule has 1 fully saturated rings. The molecule has 2 heterocycles. The molecular weight excluding hydrogens is 546 g/mol. The molecule has 0 radical (unpaired) electrons. The molecule has 9 heteroatoms. The molecule has 0 spiro atoms. The van der Waals surface area contributed by atoms with Crippen molar-refractivity contribution >= 4 is 34.3 Å². The van der Waals surface area contributed by atoms with Crippen molar-refractivity contribution in [2.45, 2.75) is 18.1 Å². The SMILES string of the molecule is COc1cccc(-c2nnc(SCC(=O)N3CCN(C(=O)c4ccc5ccccc5c4)C(C)C3)n2-c2ccccc2)c1. The fraction of sp³-hybridized carbons (Fsp3) is 0.212. The van der Waals surface area contributed by atoms with Crippen LogP contribution >= 0.6 is 11.8 Å².